The number of halogens is 17. The Bertz CT molecular complexity index is 1030. The van der Waals surface area contributed by atoms with Crippen molar-refractivity contribution in [3.8, 4) is 0 Å². The lowest BCUT2D eigenvalue weighted by atomic mass is 9.83. The molecule has 0 fully saturated rings. The summed E-state index contributed by atoms with van der Waals surface area (Å²) in [7, 11) is 0.563. The summed E-state index contributed by atoms with van der Waals surface area (Å²) in [6, 6.07) is 4.38. The van der Waals surface area contributed by atoms with Crippen molar-refractivity contribution < 1.29 is 79.4 Å². The predicted octanol–water partition coefficient (Wildman–Crippen LogP) is 8.79. The van der Waals surface area contributed by atoms with Gasteiger partial charge in [0.25, 0.3) is 0 Å². The molecule has 0 radical (unpaired) electrons. The van der Waals surface area contributed by atoms with Crippen molar-refractivity contribution >= 4 is 5.69 Å². The number of anilines is 1. The van der Waals surface area contributed by atoms with Gasteiger partial charge in [0.2, 0.25) is 0 Å². The number of ether oxygens (including phenoxy) is 1. The zero-order valence-corrected chi connectivity index (χ0v) is 21.2. The second-order valence-electron chi connectivity index (χ2n) is 8.98. The average molecular weight is 639 g/mol. The molecule has 1 aromatic carbocycles. The number of nitrogens with zero attached hydrogens (tertiary/aromatic N) is 1. The minimum Gasteiger partial charge on any atom is -0.374 e. The Balaban J connectivity index is 3.62. The van der Waals surface area contributed by atoms with Gasteiger partial charge in [0.05, 0.1) is 12.0 Å². The van der Waals surface area contributed by atoms with Crippen molar-refractivity contribution in [2.24, 2.45) is 0 Å². The van der Waals surface area contributed by atoms with Crippen molar-refractivity contribution in [2.75, 3.05) is 25.1 Å². The van der Waals surface area contributed by atoms with Crippen LogP contribution in [0, 0.1) is 0 Å². The van der Waals surface area contributed by atoms with Gasteiger partial charge in [-0.05, 0) is 38.5 Å². The highest BCUT2D eigenvalue weighted by Crippen LogP contribution is 2.64. The zero-order chi connectivity index (χ0) is 32.9. The Kier molecular flexibility index (Phi) is 9.71. The van der Waals surface area contributed by atoms with E-state index >= 15 is 0 Å². The average Bonchev–Trinajstić information content (AvgIpc) is 2.83. The highest BCUT2D eigenvalue weighted by Gasteiger charge is 2.95. The SMILES string of the molecule is CCN(CC)c1ccc(C(C)(CC(F)(F)C(F)(F)C(F)(F)C(F)(F)C(F)(F)C(F)(F)C(F)(F)C(F)(F)F)OC)cc1. The monoisotopic (exact) mass is 639 g/mol. The van der Waals surface area contributed by atoms with Crippen LogP contribution in [-0.4, -0.2) is 67.8 Å². The summed E-state index contributed by atoms with van der Waals surface area (Å²) >= 11 is 0. The fourth-order valence-corrected chi connectivity index (χ4v) is 3.64. The molecule has 1 aromatic rings. The van der Waals surface area contributed by atoms with Crippen molar-refractivity contribution in [3.63, 3.8) is 0 Å². The van der Waals surface area contributed by atoms with Crippen molar-refractivity contribution in [3.05, 3.63) is 29.8 Å². The molecule has 1 rings (SSSR count). The van der Waals surface area contributed by atoms with Crippen LogP contribution < -0.4 is 4.90 Å². The molecule has 0 amide bonds. The Morgan fingerprint density at radius 3 is 1.22 bits per heavy atom. The minimum absolute atomic E-state index is 0.420. The first-order chi connectivity index (χ1) is 18.0. The molecule has 0 aliphatic carbocycles. The summed E-state index contributed by atoms with van der Waals surface area (Å²) in [6.45, 7) is 4.80. The van der Waals surface area contributed by atoms with Gasteiger partial charge < -0.3 is 9.64 Å². The lowest BCUT2D eigenvalue weighted by Gasteiger charge is -2.44. The maximum Gasteiger partial charge on any atom is 0.460 e. The summed E-state index contributed by atoms with van der Waals surface area (Å²) in [4.78, 5) is 1.69. The maximum atomic E-state index is 14.6. The van der Waals surface area contributed by atoms with E-state index < -0.39 is 65.2 Å². The van der Waals surface area contributed by atoms with E-state index in [-0.39, 0.29) is 0 Å². The van der Waals surface area contributed by atoms with Crippen LogP contribution in [0.25, 0.3) is 0 Å². The van der Waals surface area contributed by atoms with Gasteiger partial charge in [0, 0.05) is 25.9 Å². The van der Waals surface area contributed by atoms with Crippen LogP contribution in [0.4, 0.5) is 80.3 Å². The van der Waals surface area contributed by atoms with Crippen LogP contribution in [0.3, 0.4) is 0 Å². The lowest BCUT2D eigenvalue weighted by molar-refractivity contribution is -0.462. The molecule has 41 heavy (non-hydrogen) atoms. The van der Waals surface area contributed by atoms with Crippen LogP contribution in [0.15, 0.2) is 24.3 Å². The van der Waals surface area contributed by atoms with Gasteiger partial charge in [0.1, 0.15) is 0 Å². The molecular weight excluding hydrogens is 617 g/mol. The van der Waals surface area contributed by atoms with E-state index in [2.05, 4.69) is 4.74 Å². The molecular formula is C22H22F17NO. The van der Waals surface area contributed by atoms with Crippen LogP contribution in [0.5, 0.6) is 0 Å². The van der Waals surface area contributed by atoms with Crippen LogP contribution in [0.2, 0.25) is 0 Å². The smallest absolute Gasteiger partial charge is 0.374 e. The Morgan fingerprint density at radius 1 is 0.561 bits per heavy atom. The highest BCUT2D eigenvalue weighted by atomic mass is 19.4. The molecule has 0 N–H and O–H groups in total. The summed E-state index contributed by atoms with van der Waals surface area (Å²) < 4.78 is 235. The number of alkyl halides is 17. The van der Waals surface area contributed by atoms with E-state index in [1.54, 1.807) is 18.7 Å². The van der Waals surface area contributed by atoms with Gasteiger partial charge in [-0.2, -0.15) is 74.6 Å². The van der Waals surface area contributed by atoms with Gasteiger partial charge in [-0.25, -0.2) is 0 Å². The molecule has 0 heterocycles. The Labute approximate surface area is 221 Å². The zero-order valence-electron chi connectivity index (χ0n) is 21.2. The quantitative estimate of drug-likeness (QED) is 0.200. The Morgan fingerprint density at radius 2 is 0.902 bits per heavy atom. The van der Waals surface area contributed by atoms with Gasteiger partial charge >= 0.3 is 47.6 Å². The van der Waals surface area contributed by atoms with E-state index in [9.17, 15) is 74.6 Å². The lowest BCUT2D eigenvalue weighted by Crippen LogP contribution is -2.74. The van der Waals surface area contributed by atoms with Crippen LogP contribution in [0.1, 0.15) is 32.8 Å². The largest absolute Gasteiger partial charge is 0.460 e. The summed E-state index contributed by atoms with van der Waals surface area (Å²) in [5.74, 6) is -56.7. The van der Waals surface area contributed by atoms with Crippen molar-refractivity contribution in [1.29, 1.82) is 0 Å². The van der Waals surface area contributed by atoms with Crippen molar-refractivity contribution in [1.82, 2.24) is 0 Å². The van der Waals surface area contributed by atoms with Crippen molar-refractivity contribution in [2.45, 2.75) is 80.4 Å². The summed E-state index contributed by atoms with van der Waals surface area (Å²) in [6.07, 6.45) is -10.5. The molecule has 1 atom stereocenters. The molecule has 2 nitrogen and oxygen atoms in total. The maximum absolute atomic E-state index is 14.6. The second-order valence-corrected chi connectivity index (χ2v) is 8.98. The van der Waals surface area contributed by atoms with Crippen LogP contribution in [-0.2, 0) is 10.3 Å². The topological polar surface area (TPSA) is 12.5 Å². The summed E-state index contributed by atoms with van der Waals surface area (Å²) in [5, 5.41) is 0. The second kappa shape index (κ2) is 10.8. The molecule has 0 aromatic heterocycles. The van der Waals surface area contributed by atoms with E-state index in [0.717, 1.165) is 12.1 Å². The van der Waals surface area contributed by atoms with E-state index in [4.69, 9.17) is 0 Å². The number of hydrogen-bond acceptors (Lipinski definition) is 2. The van der Waals surface area contributed by atoms with E-state index in [0.29, 0.717) is 32.8 Å². The minimum atomic E-state index is -8.66. The molecule has 240 valence electrons. The summed E-state index contributed by atoms with van der Waals surface area (Å²) in [5.41, 5.74) is -2.85. The normalized spacial score (nSPS) is 16.5. The highest BCUT2D eigenvalue weighted by molar-refractivity contribution is 5.48. The van der Waals surface area contributed by atoms with Gasteiger partial charge in [-0.3, -0.25) is 0 Å². The van der Waals surface area contributed by atoms with Gasteiger partial charge in [-0.1, -0.05) is 12.1 Å². The first-order valence-corrected chi connectivity index (χ1v) is 11.1. The van der Waals surface area contributed by atoms with Gasteiger partial charge in [0.15, 0.2) is 0 Å². The number of methoxy groups -OCH3 is 1. The third kappa shape index (κ3) is 5.50. The third-order valence-electron chi connectivity index (χ3n) is 6.40. The van der Waals surface area contributed by atoms with E-state index in [1.807, 2.05) is 0 Å². The first-order valence-electron chi connectivity index (χ1n) is 11.1. The van der Waals surface area contributed by atoms with E-state index in [1.165, 1.54) is 12.1 Å². The number of benzene rings is 1. The molecule has 0 aliphatic heterocycles. The first kappa shape index (κ1) is 36.8. The standard InChI is InChI=1S/C22H22F17NO/c1-5-40(6-2)13-9-7-12(8-10-13)14(3,41-4)11-15(23,24)16(25,26)17(27,28)18(29,30)19(31,32)20(33,34)21(35,36)22(37,38)39/h7-10H,5-6,11H2,1-4H3. The predicted molar refractivity (Wildman–Crippen MR) is 110 cm³/mol. The molecule has 0 spiro atoms. The number of rotatable bonds is 13. The molecule has 0 bridgehead atoms. The molecule has 0 saturated heterocycles. The fraction of sp³-hybridized carbons (Fsp3) is 0.727. The van der Waals surface area contributed by atoms with Gasteiger partial charge in [-0.15, -0.1) is 0 Å². The third-order valence-corrected chi connectivity index (χ3v) is 6.40. The molecule has 0 aliphatic rings. The van der Waals surface area contributed by atoms with Crippen LogP contribution >= 0.6 is 0 Å². The fourth-order valence-electron chi connectivity index (χ4n) is 3.64. The molecule has 1 unspecified atom stereocenters. The Hall–Kier alpha value is -2.21. The molecule has 0 saturated carbocycles. The molecule has 19 heteroatoms. The number of hydrogen-bond donors (Lipinski definition) is 0.